The van der Waals surface area contributed by atoms with Gasteiger partial charge in [0.1, 0.15) is 11.4 Å². The summed E-state index contributed by atoms with van der Waals surface area (Å²) < 4.78 is 18.9. The Morgan fingerprint density at radius 3 is 2.50 bits per heavy atom. The Labute approximate surface area is 138 Å². The number of nitro benzene ring substituents is 1. The van der Waals surface area contributed by atoms with Gasteiger partial charge in [-0.15, -0.1) is 0 Å². The van der Waals surface area contributed by atoms with Gasteiger partial charge in [-0.2, -0.15) is 0 Å². The number of benzene rings is 1. The molecule has 0 aliphatic carbocycles. The largest absolute Gasteiger partial charge is 0.444 e. The maximum Gasteiger partial charge on any atom is 0.410 e. The molecule has 2 amide bonds. The normalized spacial score (nSPS) is 10.9. The van der Waals surface area contributed by atoms with Crippen molar-refractivity contribution in [2.75, 3.05) is 20.1 Å². The van der Waals surface area contributed by atoms with Gasteiger partial charge >= 0.3 is 6.09 Å². The first-order chi connectivity index (χ1) is 11.0. The highest BCUT2D eigenvalue weighted by Gasteiger charge is 2.20. The van der Waals surface area contributed by atoms with Crippen molar-refractivity contribution in [3.8, 4) is 0 Å². The van der Waals surface area contributed by atoms with E-state index in [0.29, 0.717) is 6.07 Å². The van der Waals surface area contributed by atoms with Gasteiger partial charge in [-0.3, -0.25) is 14.9 Å². The Balaban J connectivity index is 2.55. The van der Waals surface area contributed by atoms with E-state index in [1.165, 1.54) is 11.9 Å². The van der Waals surface area contributed by atoms with Crippen molar-refractivity contribution in [3.05, 3.63) is 39.7 Å². The van der Waals surface area contributed by atoms with Crippen LogP contribution in [-0.2, 0) is 4.74 Å². The molecule has 0 fully saturated rings. The zero-order valence-corrected chi connectivity index (χ0v) is 14.0. The number of non-ortho nitro benzene ring substituents is 1. The number of rotatable bonds is 5. The van der Waals surface area contributed by atoms with Crippen molar-refractivity contribution >= 4 is 17.7 Å². The quantitative estimate of drug-likeness (QED) is 0.654. The zero-order chi connectivity index (χ0) is 18.5. The molecule has 1 rings (SSSR count). The van der Waals surface area contributed by atoms with Crippen LogP contribution in [0.1, 0.15) is 31.1 Å². The van der Waals surface area contributed by atoms with Gasteiger partial charge in [-0.1, -0.05) is 0 Å². The Bertz CT molecular complexity index is 642. The van der Waals surface area contributed by atoms with E-state index in [-0.39, 0.29) is 18.7 Å². The van der Waals surface area contributed by atoms with Gasteiger partial charge < -0.3 is 15.0 Å². The molecule has 0 saturated carbocycles. The van der Waals surface area contributed by atoms with Crippen molar-refractivity contribution in [1.82, 2.24) is 10.2 Å². The third kappa shape index (κ3) is 5.82. The maximum atomic E-state index is 13.7. The van der Waals surface area contributed by atoms with E-state index in [0.717, 1.165) is 12.1 Å². The highest BCUT2D eigenvalue weighted by molar-refractivity contribution is 5.94. The molecule has 0 radical (unpaired) electrons. The number of hydrogen-bond donors (Lipinski definition) is 1. The van der Waals surface area contributed by atoms with Crippen LogP contribution in [0.15, 0.2) is 18.2 Å². The maximum absolute atomic E-state index is 13.7. The second-order valence-corrected chi connectivity index (χ2v) is 6.08. The highest BCUT2D eigenvalue weighted by Crippen LogP contribution is 2.16. The smallest absolute Gasteiger partial charge is 0.410 e. The van der Waals surface area contributed by atoms with Crippen molar-refractivity contribution in [1.29, 1.82) is 0 Å². The molecule has 1 aromatic rings. The monoisotopic (exact) mass is 341 g/mol. The molecule has 0 atom stereocenters. The second-order valence-electron chi connectivity index (χ2n) is 6.08. The number of amides is 2. The Morgan fingerprint density at radius 2 is 2.00 bits per heavy atom. The number of nitrogens with zero attached hydrogens (tertiary/aromatic N) is 2. The standard InChI is InChI=1S/C15H20FN3O5/c1-15(2,3)24-14(21)18(4)8-7-17-13(20)11-6-5-10(19(22)23)9-12(11)16/h5-6,9H,7-8H2,1-4H3,(H,17,20). The van der Waals surface area contributed by atoms with E-state index < -0.39 is 34.0 Å². The lowest BCUT2D eigenvalue weighted by Crippen LogP contribution is -2.39. The van der Waals surface area contributed by atoms with Crippen LogP contribution in [0.25, 0.3) is 0 Å². The fourth-order valence-electron chi connectivity index (χ4n) is 1.67. The molecule has 0 heterocycles. The number of carbonyl (C=O) groups excluding carboxylic acids is 2. The molecule has 0 bridgehead atoms. The van der Waals surface area contributed by atoms with Gasteiger partial charge in [0.25, 0.3) is 11.6 Å². The molecule has 24 heavy (non-hydrogen) atoms. The summed E-state index contributed by atoms with van der Waals surface area (Å²) in [7, 11) is 1.51. The van der Waals surface area contributed by atoms with Gasteiger partial charge in [0, 0.05) is 26.2 Å². The van der Waals surface area contributed by atoms with Crippen LogP contribution in [0.3, 0.4) is 0 Å². The zero-order valence-electron chi connectivity index (χ0n) is 14.0. The minimum Gasteiger partial charge on any atom is -0.444 e. The predicted molar refractivity (Wildman–Crippen MR) is 84.3 cm³/mol. The first-order valence-electron chi connectivity index (χ1n) is 7.17. The number of likely N-dealkylation sites (N-methyl/N-ethyl adjacent to an activating group) is 1. The number of halogens is 1. The Kier molecular flexibility index (Phi) is 6.21. The first kappa shape index (κ1) is 19.3. The molecular formula is C15H20FN3O5. The van der Waals surface area contributed by atoms with E-state index in [4.69, 9.17) is 4.74 Å². The molecule has 0 aliphatic rings. The summed E-state index contributed by atoms with van der Waals surface area (Å²) in [6.45, 7) is 5.44. The molecule has 1 N–H and O–H groups in total. The lowest BCUT2D eigenvalue weighted by Gasteiger charge is -2.24. The second kappa shape index (κ2) is 7.71. The summed E-state index contributed by atoms with van der Waals surface area (Å²) in [6, 6.07) is 2.77. The third-order valence-electron chi connectivity index (χ3n) is 2.85. The molecule has 0 saturated heterocycles. The van der Waals surface area contributed by atoms with E-state index in [1.54, 1.807) is 20.8 Å². The Hall–Kier alpha value is -2.71. The van der Waals surface area contributed by atoms with Gasteiger partial charge in [0.05, 0.1) is 16.6 Å². The number of nitro groups is 1. The van der Waals surface area contributed by atoms with Crippen molar-refractivity contribution < 1.29 is 23.6 Å². The molecule has 8 nitrogen and oxygen atoms in total. The van der Waals surface area contributed by atoms with Crippen LogP contribution >= 0.6 is 0 Å². The topological polar surface area (TPSA) is 102 Å². The minimum absolute atomic E-state index is 0.0744. The summed E-state index contributed by atoms with van der Waals surface area (Å²) in [6.07, 6.45) is -0.543. The molecular weight excluding hydrogens is 321 g/mol. The average molecular weight is 341 g/mol. The van der Waals surface area contributed by atoms with Gasteiger partial charge in [-0.05, 0) is 26.8 Å². The average Bonchev–Trinajstić information content (AvgIpc) is 2.44. The number of hydrogen-bond acceptors (Lipinski definition) is 5. The molecule has 9 heteroatoms. The number of carbonyl (C=O) groups is 2. The van der Waals surface area contributed by atoms with Crippen LogP contribution in [0.2, 0.25) is 0 Å². The third-order valence-corrected chi connectivity index (χ3v) is 2.85. The molecule has 0 aromatic heterocycles. The number of nitrogens with one attached hydrogen (secondary N) is 1. The summed E-state index contributed by atoms with van der Waals surface area (Å²) in [5.74, 6) is -1.71. The van der Waals surface area contributed by atoms with Crippen molar-refractivity contribution in [3.63, 3.8) is 0 Å². The van der Waals surface area contributed by atoms with Crippen LogP contribution in [-0.4, -0.2) is 47.6 Å². The van der Waals surface area contributed by atoms with Gasteiger partial charge in [0.2, 0.25) is 0 Å². The molecule has 132 valence electrons. The van der Waals surface area contributed by atoms with Crippen LogP contribution in [0.5, 0.6) is 0 Å². The highest BCUT2D eigenvalue weighted by atomic mass is 19.1. The molecule has 0 unspecified atom stereocenters. The fraction of sp³-hybridized carbons (Fsp3) is 0.467. The van der Waals surface area contributed by atoms with Crippen LogP contribution < -0.4 is 5.32 Å². The number of ether oxygens (including phenoxy) is 1. The van der Waals surface area contributed by atoms with Crippen molar-refractivity contribution in [2.45, 2.75) is 26.4 Å². The Morgan fingerprint density at radius 1 is 1.38 bits per heavy atom. The van der Waals surface area contributed by atoms with E-state index in [1.807, 2.05) is 0 Å². The first-order valence-corrected chi connectivity index (χ1v) is 7.17. The van der Waals surface area contributed by atoms with E-state index in [2.05, 4.69) is 5.32 Å². The summed E-state index contributed by atoms with van der Waals surface area (Å²) in [5.41, 5.74) is -1.37. The summed E-state index contributed by atoms with van der Waals surface area (Å²) in [4.78, 5) is 34.7. The van der Waals surface area contributed by atoms with Gasteiger partial charge in [0.15, 0.2) is 0 Å². The fourth-order valence-corrected chi connectivity index (χ4v) is 1.67. The van der Waals surface area contributed by atoms with E-state index in [9.17, 15) is 24.1 Å². The molecule has 0 spiro atoms. The molecule has 0 aliphatic heterocycles. The molecule has 1 aromatic carbocycles. The van der Waals surface area contributed by atoms with Crippen LogP contribution in [0.4, 0.5) is 14.9 Å². The van der Waals surface area contributed by atoms with Gasteiger partial charge in [-0.25, -0.2) is 9.18 Å². The van der Waals surface area contributed by atoms with Crippen molar-refractivity contribution in [2.24, 2.45) is 0 Å². The predicted octanol–water partition coefficient (Wildman–Crippen LogP) is 2.33. The lowest BCUT2D eigenvalue weighted by atomic mass is 10.2. The summed E-state index contributed by atoms with van der Waals surface area (Å²) in [5, 5.41) is 13.0. The summed E-state index contributed by atoms with van der Waals surface area (Å²) >= 11 is 0. The van der Waals surface area contributed by atoms with Crippen LogP contribution in [0, 0.1) is 15.9 Å². The SMILES string of the molecule is CN(CCNC(=O)c1ccc([N+](=O)[O-])cc1F)C(=O)OC(C)(C)C. The minimum atomic E-state index is -0.984. The lowest BCUT2D eigenvalue weighted by molar-refractivity contribution is -0.385. The van der Waals surface area contributed by atoms with E-state index >= 15 is 0 Å².